The van der Waals surface area contributed by atoms with Gasteiger partial charge in [0, 0.05) is 18.3 Å². The third kappa shape index (κ3) is 2.68. The van der Waals surface area contributed by atoms with Gasteiger partial charge in [-0.1, -0.05) is 42.0 Å². The molecule has 0 unspecified atom stereocenters. The standard InChI is InChI=1S/C18H17F2N/c1-13-8-9-17-15(10-13)16(14-6-4-3-5-7-14)11-18(19,20)12-21(17)2/h3-11H,12H2,1-2H3. The van der Waals surface area contributed by atoms with Crippen molar-refractivity contribution in [1.82, 2.24) is 0 Å². The Balaban J connectivity index is 2.26. The van der Waals surface area contributed by atoms with Gasteiger partial charge in [0.2, 0.25) is 0 Å². The second-order valence-corrected chi connectivity index (χ2v) is 5.56. The lowest BCUT2D eigenvalue weighted by Crippen LogP contribution is -2.31. The monoisotopic (exact) mass is 285 g/mol. The lowest BCUT2D eigenvalue weighted by molar-refractivity contribution is 0.0652. The maximum absolute atomic E-state index is 14.2. The molecule has 0 radical (unpaired) electrons. The van der Waals surface area contributed by atoms with Gasteiger partial charge >= 0.3 is 0 Å². The lowest BCUT2D eigenvalue weighted by Gasteiger charge is -2.22. The number of aryl methyl sites for hydroxylation is 1. The van der Waals surface area contributed by atoms with Gasteiger partial charge in [-0.2, -0.15) is 8.78 Å². The summed E-state index contributed by atoms with van der Waals surface area (Å²) >= 11 is 0. The molecule has 0 amide bonds. The van der Waals surface area contributed by atoms with Gasteiger partial charge in [0.25, 0.3) is 5.92 Å². The molecule has 1 aliphatic rings. The maximum atomic E-state index is 14.2. The van der Waals surface area contributed by atoms with Crippen LogP contribution in [0.1, 0.15) is 16.7 Å². The van der Waals surface area contributed by atoms with Crippen LogP contribution in [0, 0.1) is 6.92 Å². The van der Waals surface area contributed by atoms with Gasteiger partial charge < -0.3 is 4.90 Å². The molecule has 3 rings (SSSR count). The van der Waals surface area contributed by atoms with Crippen molar-refractivity contribution in [3.05, 3.63) is 71.3 Å². The van der Waals surface area contributed by atoms with Crippen molar-refractivity contribution in [2.24, 2.45) is 0 Å². The molecule has 0 saturated heterocycles. The zero-order valence-electron chi connectivity index (χ0n) is 12.1. The summed E-state index contributed by atoms with van der Waals surface area (Å²) in [7, 11) is 1.71. The molecule has 0 N–H and O–H groups in total. The first kappa shape index (κ1) is 13.8. The van der Waals surface area contributed by atoms with Crippen molar-refractivity contribution in [2.45, 2.75) is 12.8 Å². The Morgan fingerprint density at radius 3 is 2.48 bits per heavy atom. The van der Waals surface area contributed by atoms with Gasteiger partial charge in [-0.15, -0.1) is 0 Å². The molecule has 2 aromatic carbocycles. The molecule has 0 bridgehead atoms. The fourth-order valence-corrected chi connectivity index (χ4v) is 2.79. The van der Waals surface area contributed by atoms with E-state index in [-0.39, 0.29) is 6.54 Å². The minimum Gasteiger partial charge on any atom is -0.368 e. The largest absolute Gasteiger partial charge is 0.368 e. The smallest absolute Gasteiger partial charge is 0.284 e. The molecule has 1 aliphatic heterocycles. The Hall–Kier alpha value is -2.16. The quantitative estimate of drug-likeness (QED) is 0.745. The van der Waals surface area contributed by atoms with Gasteiger partial charge in [0.1, 0.15) is 0 Å². The minimum absolute atomic E-state index is 0.306. The van der Waals surface area contributed by atoms with Gasteiger partial charge in [-0.3, -0.25) is 0 Å². The van der Waals surface area contributed by atoms with Crippen LogP contribution in [0.2, 0.25) is 0 Å². The van der Waals surface area contributed by atoms with Crippen LogP contribution < -0.4 is 4.90 Å². The average Bonchev–Trinajstić information content (AvgIpc) is 2.54. The first-order valence-electron chi connectivity index (χ1n) is 6.94. The SMILES string of the molecule is Cc1ccc2c(c1)C(c1ccccc1)=CC(F)(F)CN2C. The van der Waals surface area contributed by atoms with Crippen LogP contribution in [-0.2, 0) is 0 Å². The van der Waals surface area contributed by atoms with Crippen LogP contribution in [0.25, 0.3) is 5.57 Å². The van der Waals surface area contributed by atoms with Gasteiger partial charge in [-0.25, -0.2) is 0 Å². The van der Waals surface area contributed by atoms with Crippen LogP contribution in [0.3, 0.4) is 0 Å². The molecule has 1 nitrogen and oxygen atoms in total. The number of alkyl halides is 2. The fraction of sp³-hybridized carbons (Fsp3) is 0.222. The van der Waals surface area contributed by atoms with E-state index in [9.17, 15) is 8.78 Å². The Labute approximate surface area is 123 Å². The molecule has 2 aromatic rings. The number of benzene rings is 2. The number of hydrogen-bond acceptors (Lipinski definition) is 1. The highest BCUT2D eigenvalue weighted by Crippen LogP contribution is 2.38. The molecule has 0 saturated carbocycles. The van der Waals surface area contributed by atoms with Crippen molar-refractivity contribution >= 4 is 11.3 Å². The van der Waals surface area contributed by atoms with Crippen LogP contribution in [0.5, 0.6) is 0 Å². The molecule has 0 fully saturated rings. The predicted octanol–water partition coefficient (Wildman–Crippen LogP) is 4.51. The molecule has 0 atom stereocenters. The van der Waals surface area contributed by atoms with Gasteiger partial charge in [-0.05, 0) is 36.3 Å². The number of hydrogen-bond donors (Lipinski definition) is 0. The zero-order chi connectivity index (χ0) is 15.0. The fourth-order valence-electron chi connectivity index (χ4n) is 2.79. The Morgan fingerprint density at radius 2 is 1.76 bits per heavy atom. The number of halogens is 2. The molecule has 21 heavy (non-hydrogen) atoms. The van der Waals surface area contributed by atoms with Gasteiger partial charge in [0.05, 0.1) is 6.54 Å². The van der Waals surface area contributed by atoms with E-state index in [0.717, 1.165) is 28.5 Å². The van der Waals surface area contributed by atoms with Crippen molar-refractivity contribution in [2.75, 3.05) is 18.5 Å². The van der Waals surface area contributed by atoms with Crippen molar-refractivity contribution in [3.8, 4) is 0 Å². The Morgan fingerprint density at radius 1 is 1.05 bits per heavy atom. The second kappa shape index (κ2) is 4.99. The molecule has 0 aliphatic carbocycles. The van der Waals surface area contributed by atoms with Crippen LogP contribution in [0.4, 0.5) is 14.5 Å². The van der Waals surface area contributed by atoms with E-state index >= 15 is 0 Å². The lowest BCUT2D eigenvalue weighted by atomic mass is 9.94. The Bertz CT molecular complexity index is 690. The highest BCUT2D eigenvalue weighted by atomic mass is 19.3. The first-order valence-corrected chi connectivity index (χ1v) is 6.94. The summed E-state index contributed by atoms with van der Waals surface area (Å²) in [6.45, 7) is 1.67. The summed E-state index contributed by atoms with van der Waals surface area (Å²) in [4.78, 5) is 1.63. The number of fused-ring (bicyclic) bond motifs is 1. The molecular formula is C18H17F2N. The van der Waals surface area contributed by atoms with Crippen LogP contribution in [0.15, 0.2) is 54.6 Å². The van der Waals surface area contributed by atoms with Crippen molar-refractivity contribution in [3.63, 3.8) is 0 Å². The molecule has 0 aromatic heterocycles. The molecule has 3 heteroatoms. The van der Waals surface area contributed by atoms with E-state index in [1.807, 2.05) is 55.5 Å². The number of rotatable bonds is 1. The summed E-state index contributed by atoms with van der Waals surface area (Å²) in [5.41, 5.74) is 4.19. The average molecular weight is 285 g/mol. The van der Waals surface area contributed by atoms with Crippen molar-refractivity contribution in [1.29, 1.82) is 0 Å². The van der Waals surface area contributed by atoms with E-state index in [1.54, 1.807) is 11.9 Å². The first-order chi connectivity index (χ1) is 9.96. The molecular weight excluding hydrogens is 268 g/mol. The molecule has 1 heterocycles. The summed E-state index contributed by atoms with van der Waals surface area (Å²) in [5, 5.41) is 0. The molecule has 0 spiro atoms. The van der Waals surface area contributed by atoms with E-state index in [2.05, 4.69) is 0 Å². The summed E-state index contributed by atoms with van der Waals surface area (Å²) in [5.74, 6) is -2.85. The highest BCUT2D eigenvalue weighted by molar-refractivity contribution is 5.88. The van der Waals surface area contributed by atoms with E-state index in [4.69, 9.17) is 0 Å². The molecule has 108 valence electrons. The van der Waals surface area contributed by atoms with Crippen molar-refractivity contribution < 1.29 is 8.78 Å². The summed E-state index contributed by atoms with van der Waals surface area (Å²) in [6.07, 6.45) is 1.10. The topological polar surface area (TPSA) is 3.24 Å². The van der Waals surface area contributed by atoms with Crippen LogP contribution >= 0.6 is 0 Å². The third-order valence-corrected chi connectivity index (χ3v) is 3.74. The minimum atomic E-state index is -2.85. The predicted molar refractivity (Wildman–Crippen MR) is 82.9 cm³/mol. The maximum Gasteiger partial charge on any atom is 0.284 e. The number of nitrogens with zero attached hydrogens (tertiary/aromatic N) is 1. The van der Waals surface area contributed by atoms with E-state index in [0.29, 0.717) is 5.57 Å². The summed E-state index contributed by atoms with van der Waals surface area (Å²) < 4.78 is 28.4. The highest BCUT2D eigenvalue weighted by Gasteiger charge is 2.33. The zero-order valence-corrected chi connectivity index (χ0v) is 12.1. The summed E-state index contributed by atoms with van der Waals surface area (Å²) in [6, 6.07) is 15.2. The third-order valence-electron chi connectivity index (χ3n) is 3.74. The van der Waals surface area contributed by atoms with Gasteiger partial charge in [0.15, 0.2) is 0 Å². The van der Waals surface area contributed by atoms with Crippen LogP contribution in [-0.4, -0.2) is 19.5 Å². The number of anilines is 1. The second-order valence-electron chi connectivity index (χ2n) is 5.56. The van der Waals surface area contributed by atoms with E-state index in [1.165, 1.54) is 0 Å². The normalized spacial score (nSPS) is 17.0. The Kier molecular flexibility index (Phi) is 3.28. The van der Waals surface area contributed by atoms with E-state index < -0.39 is 5.92 Å².